The minimum atomic E-state index is -0.363. The van der Waals surface area contributed by atoms with Crippen molar-refractivity contribution in [2.45, 2.75) is 19.2 Å². The smallest absolute Gasteiger partial charge is 0.170 e. The molecule has 0 unspecified atom stereocenters. The molecule has 0 saturated carbocycles. The summed E-state index contributed by atoms with van der Waals surface area (Å²) in [6.45, 7) is 1.48. The van der Waals surface area contributed by atoms with Crippen molar-refractivity contribution in [1.82, 2.24) is 20.2 Å². The number of hydrogen-bond donors (Lipinski definition) is 1. The summed E-state index contributed by atoms with van der Waals surface area (Å²) in [7, 11) is 0. The number of nitrogens with zero attached hydrogens (tertiary/aromatic N) is 4. The van der Waals surface area contributed by atoms with Crippen LogP contribution < -0.4 is 5.73 Å². The monoisotopic (exact) mass is 309 g/mol. The highest BCUT2D eigenvalue weighted by molar-refractivity contribution is 5.15. The van der Waals surface area contributed by atoms with Crippen molar-refractivity contribution < 1.29 is 4.74 Å². The van der Waals surface area contributed by atoms with Crippen LogP contribution in [0.4, 0.5) is 0 Å². The summed E-state index contributed by atoms with van der Waals surface area (Å²) in [4.78, 5) is 0. The zero-order chi connectivity index (χ0) is 15.9. The minimum Gasteiger partial charge on any atom is -0.375 e. The Balaban J connectivity index is 1.57. The molecule has 118 valence electrons. The van der Waals surface area contributed by atoms with Crippen LogP contribution in [0.5, 0.6) is 0 Å². The van der Waals surface area contributed by atoms with E-state index in [2.05, 4.69) is 15.5 Å². The summed E-state index contributed by atoms with van der Waals surface area (Å²) in [5, 5.41) is 11.8. The SMILES string of the molecule is N[C@H](COCc1ccccc1)c1nnnn1Cc1ccccc1. The van der Waals surface area contributed by atoms with Gasteiger partial charge in [-0.3, -0.25) is 0 Å². The quantitative estimate of drug-likeness (QED) is 0.721. The lowest BCUT2D eigenvalue weighted by Gasteiger charge is -2.12. The van der Waals surface area contributed by atoms with Crippen LogP contribution >= 0.6 is 0 Å². The van der Waals surface area contributed by atoms with Gasteiger partial charge in [-0.05, 0) is 21.6 Å². The van der Waals surface area contributed by atoms with Gasteiger partial charge < -0.3 is 10.5 Å². The van der Waals surface area contributed by atoms with E-state index in [9.17, 15) is 0 Å². The summed E-state index contributed by atoms with van der Waals surface area (Å²) in [6.07, 6.45) is 0. The molecule has 3 rings (SSSR count). The third-order valence-electron chi connectivity index (χ3n) is 3.48. The van der Waals surface area contributed by atoms with Crippen molar-refractivity contribution in [2.75, 3.05) is 6.61 Å². The molecule has 3 aromatic rings. The van der Waals surface area contributed by atoms with Crippen LogP contribution in [-0.4, -0.2) is 26.8 Å². The van der Waals surface area contributed by atoms with Crippen molar-refractivity contribution in [3.05, 3.63) is 77.6 Å². The van der Waals surface area contributed by atoms with Gasteiger partial charge in [0.2, 0.25) is 0 Å². The Kier molecular flexibility index (Phi) is 5.08. The van der Waals surface area contributed by atoms with Gasteiger partial charge in [0.05, 0.1) is 25.8 Å². The van der Waals surface area contributed by atoms with Gasteiger partial charge in [0.15, 0.2) is 5.82 Å². The molecule has 0 aliphatic rings. The van der Waals surface area contributed by atoms with E-state index in [1.54, 1.807) is 4.68 Å². The lowest BCUT2D eigenvalue weighted by atomic mass is 10.2. The fraction of sp³-hybridized carbons (Fsp3) is 0.235. The standard InChI is InChI=1S/C17H19N5O/c18-16(13-23-12-15-9-5-2-6-10-15)17-19-20-21-22(17)11-14-7-3-1-4-8-14/h1-10,16H,11-13,18H2/t16-/m1/s1. The first-order valence-electron chi connectivity index (χ1n) is 7.50. The van der Waals surface area contributed by atoms with E-state index in [4.69, 9.17) is 10.5 Å². The summed E-state index contributed by atoms with van der Waals surface area (Å²) in [5.74, 6) is 0.627. The van der Waals surface area contributed by atoms with Crippen molar-refractivity contribution >= 4 is 0 Å². The molecule has 0 spiro atoms. The van der Waals surface area contributed by atoms with Crippen LogP contribution in [0.15, 0.2) is 60.7 Å². The molecular formula is C17H19N5O. The first-order valence-corrected chi connectivity index (χ1v) is 7.50. The lowest BCUT2D eigenvalue weighted by Crippen LogP contribution is -2.22. The fourth-order valence-electron chi connectivity index (χ4n) is 2.30. The average molecular weight is 309 g/mol. The predicted octanol–water partition coefficient (Wildman–Crippen LogP) is 1.94. The van der Waals surface area contributed by atoms with Crippen molar-refractivity contribution in [1.29, 1.82) is 0 Å². The topological polar surface area (TPSA) is 78.8 Å². The number of aromatic nitrogens is 4. The largest absolute Gasteiger partial charge is 0.375 e. The van der Waals surface area contributed by atoms with Gasteiger partial charge >= 0.3 is 0 Å². The van der Waals surface area contributed by atoms with Crippen LogP contribution in [-0.2, 0) is 17.9 Å². The molecule has 0 aliphatic heterocycles. The maximum atomic E-state index is 6.17. The van der Waals surface area contributed by atoms with Crippen LogP contribution in [0.3, 0.4) is 0 Å². The van der Waals surface area contributed by atoms with Gasteiger partial charge in [-0.15, -0.1) is 5.10 Å². The molecule has 0 bridgehead atoms. The Morgan fingerprint density at radius 3 is 2.30 bits per heavy atom. The molecule has 0 fully saturated rings. The van der Waals surface area contributed by atoms with Crippen molar-refractivity contribution in [2.24, 2.45) is 5.73 Å². The Hall–Kier alpha value is -2.57. The van der Waals surface area contributed by atoms with E-state index in [-0.39, 0.29) is 6.04 Å². The number of ether oxygens (including phenoxy) is 1. The van der Waals surface area contributed by atoms with Crippen molar-refractivity contribution in [3.63, 3.8) is 0 Å². The van der Waals surface area contributed by atoms with Crippen LogP contribution in [0.1, 0.15) is 23.0 Å². The molecule has 23 heavy (non-hydrogen) atoms. The van der Waals surface area contributed by atoms with Crippen molar-refractivity contribution in [3.8, 4) is 0 Å². The first-order chi connectivity index (χ1) is 11.3. The second-order valence-corrected chi connectivity index (χ2v) is 5.29. The zero-order valence-electron chi connectivity index (χ0n) is 12.7. The Bertz CT molecular complexity index is 714. The molecule has 2 aromatic carbocycles. The number of hydrogen-bond acceptors (Lipinski definition) is 5. The summed E-state index contributed by atoms with van der Waals surface area (Å²) < 4.78 is 7.39. The van der Waals surface area contributed by atoms with Gasteiger partial charge in [-0.1, -0.05) is 60.7 Å². The molecule has 0 radical (unpaired) electrons. The molecule has 0 aliphatic carbocycles. The van der Waals surface area contributed by atoms with Crippen LogP contribution in [0.25, 0.3) is 0 Å². The van der Waals surface area contributed by atoms with Gasteiger partial charge in [0.1, 0.15) is 0 Å². The second kappa shape index (κ2) is 7.62. The normalized spacial score (nSPS) is 12.2. The number of rotatable bonds is 7. The van der Waals surface area contributed by atoms with Crippen LogP contribution in [0.2, 0.25) is 0 Å². The van der Waals surface area contributed by atoms with E-state index >= 15 is 0 Å². The van der Waals surface area contributed by atoms with E-state index in [1.807, 2.05) is 60.7 Å². The van der Waals surface area contributed by atoms with Gasteiger partial charge in [-0.2, -0.15) is 0 Å². The van der Waals surface area contributed by atoms with Crippen LogP contribution in [0, 0.1) is 0 Å². The highest BCUT2D eigenvalue weighted by atomic mass is 16.5. The molecule has 2 N–H and O–H groups in total. The van der Waals surface area contributed by atoms with E-state index in [1.165, 1.54) is 0 Å². The summed E-state index contributed by atoms with van der Waals surface area (Å²) in [6, 6.07) is 19.6. The van der Waals surface area contributed by atoms with Gasteiger partial charge in [-0.25, -0.2) is 4.68 Å². The number of nitrogens with two attached hydrogens (primary N) is 1. The molecule has 1 atom stereocenters. The van der Waals surface area contributed by atoms with E-state index in [0.29, 0.717) is 25.6 Å². The molecule has 1 heterocycles. The lowest BCUT2D eigenvalue weighted by molar-refractivity contribution is 0.105. The second-order valence-electron chi connectivity index (χ2n) is 5.29. The van der Waals surface area contributed by atoms with Gasteiger partial charge in [0.25, 0.3) is 0 Å². The Morgan fingerprint density at radius 1 is 0.957 bits per heavy atom. The highest BCUT2D eigenvalue weighted by Crippen LogP contribution is 2.10. The minimum absolute atomic E-state index is 0.363. The Morgan fingerprint density at radius 2 is 1.61 bits per heavy atom. The molecule has 6 heteroatoms. The third kappa shape index (κ3) is 4.21. The maximum absolute atomic E-state index is 6.17. The third-order valence-corrected chi connectivity index (χ3v) is 3.48. The molecule has 1 aromatic heterocycles. The maximum Gasteiger partial charge on any atom is 0.170 e. The summed E-state index contributed by atoms with van der Waals surface area (Å²) in [5.41, 5.74) is 8.41. The molecule has 6 nitrogen and oxygen atoms in total. The van der Waals surface area contributed by atoms with Gasteiger partial charge in [0, 0.05) is 0 Å². The van der Waals surface area contributed by atoms with E-state index < -0.39 is 0 Å². The summed E-state index contributed by atoms with van der Waals surface area (Å²) >= 11 is 0. The first kappa shape index (κ1) is 15.3. The average Bonchev–Trinajstić information content (AvgIpc) is 3.05. The fourth-order valence-corrected chi connectivity index (χ4v) is 2.30. The highest BCUT2D eigenvalue weighted by Gasteiger charge is 2.15. The van der Waals surface area contributed by atoms with E-state index in [0.717, 1.165) is 11.1 Å². The predicted molar refractivity (Wildman–Crippen MR) is 86.4 cm³/mol. The Labute approximate surface area is 134 Å². The molecular weight excluding hydrogens is 290 g/mol. The molecule has 0 saturated heterocycles. The number of benzene rings is 2. The molecule has 0 amide bonds. The number of tetrazole rings is 1. The zero-order valence-corrected chi connectivity index (χ0v) is 12.7.